The summed E-state index contributed by atoms with van der Waals surface area (Å²) in [6, 6.07) is 7.89. The molecule has 1 heteroatoms. The van der Waals surface area contributed by atoms with Crippen LogP contribution in [0.2, 0.25) is 0 Å². The van der Waals surface area contributed by atoms with Gasteiger partial charge in [0.25, 0.3) is 0 Å². The second kappa shape index (κ2) is 1.99. The van der Waals surface area contributed by atoms with E-state index in [1.165, 1.54) is 0 Å². The molecule has 0 bridgehead atoms. The second-order valence-electron chi connectivity index (χ2n) is 2.49. The SMILES string of the molecule is C=c1oc(=C)c2ccccc12. The first-order valence-electron chi connectivity index (χ1n) is 3.44. The van der Waals surface area contributed by atoms with E-state index in [-0.39, 0.29) is 0 Å². The van der Waals surface area contributed by atoms with Crippen molar-refractivity contribution in [1.29, 1.82) is 0 Å². The fraction of sp³-hybridized carbons (Fsp3) is 0. The van der Waals surface area contributed by atoms with E-state index in [2.05, 4.69) is 13.2 Å². The molecule has 0 saturated heterocycles. The molecule has 54 valence electrons. The summed E-state index contributed by atoms with van der Waals surface area (Å²) in [6.45, 7) is 7.53. The molecule has 2 aromatic rings. The predicted octanol–water partition coefficient (Wildman–Crippen LogP) is 1.25. The molecule has 1 aromatic carbocycles. The number of hydrogen-bond donors (Lipinski definition) is 0. The summed E-state index contributed by atoms with van der Waals surface area (Å²) in [5.41, 5.74) is 1.40. The Kier molecular flexibility index (Phi) is 1.13. The minimum atomic E-state index is 0.700. The summed E-state index contributed by atoms with van der Waals surface area (Å²) in [4.78, 5) is 0. The smallest absolute Gasteiger partial charge is 0.128 e. The highest BCUT2D eigenvalue weighted by atomic mass is 16.3. The fourth-order valence-corrected chi connectivity index (χ4v) is 1.23. The van der Waals surface area contributed by atoms with Crippen LogP contribution < -0.4 is 10.8 Å². The maximum atomic E-state index is 5.24. The Balaban J connectivity index is 3.20. The van der Waals surface area contributed by atoms with Crippen molar-refractivity contribution in [2.24, 2.45) is 0 Å². The van der Waals surface area contributed by atoms with Crippen LogP contribution in [-0.2, 0) is 0 Å². The summed E-state index contributed by atoms with van der Waals surface area (Å²) >= 11 is 0. The largest absolute Gasteiger partial charge is 0.457 e. The first-order valence-corrected chi connectivity index (χ1v) is 3.44. The molecule has 0 saturated carbocycles. The molecular weight excluding hydrogens is 136 g/mol. The van der Waals surface area contributed by atoms with E-state index in [9.17, 15) is 0 Å². The van der Waals surface area contributed by atoms with Gasteiger partial charge in [0.1, 0.15) is 10.8 Å². The van der Waals surface area contributed by atoms with E-state index in [0.717, 1.165) is 10.8 Å². The van der Waals surface area contributed by atoms with Gasteiger partial charge in [-0.1, -0.05) is 37.4 Å². The Morgan fingerprint density at radius 3 is 1.82 bits per heavy atom. The highest BCUT2D eigenvalue weighted by molar-refractivity contribution is 5.81. The molecule has 11 heavy (non-hydrogen) atoms. The number of fused-ring (bicyclic) bond motifs is 1. The van der Waals surface area contributed by atoms with Crippen molar-refractivity contribution in [2.45, 2.75) is 0 Å². The summed E-state index contributed by atoms with van der Waals surface area (Å²) in [6.07, 6.45) is 0. The summed E-state index contributed by atoms with van der Waals surface area (Å²) < 4.78 is 5.24. The molecular formula is C10H8O. The molecule has 0 unspecified atom stereocenters. The van der Waals surface area contributed by atoms with Gasteiger partial charge in [-0.15, -0.1) is 0 Å². The minimum Gasteiger partial charge on any atom is -0.457 e. The van der Waals surface area contributed by atoms with Gasteiger partial charge in [-0.05, 0) is 0 Å². The van der Waals surface area contributed by atoms with Gasteiger partial charge in [0, 0.05) is 10.8 Å². The fourth-order valence-electron chi connectivity index (χ4n) is 1.23. The minimum absolute atomic E-state index is 0.700. The third-order valence-corrected chi connectivity index (χ3v) is 1.77. The normalized spacial score (nSPS) is 10.5. The zero-order valence-corrected chi connectivity index (χ0v) is 6.13. The van der Waals surface area contributed by atoms with E-state index < -0.39 is 0 Å². The summed E-state index contributed by atoms with van der Waals surface area (Å²) in [5.74, 6) is 0. The van der Waals surface area contributed by atoms with Gasteiger partial charge >= 0.3 is 0 Å². The average molecular weight is 144 g/mol. The van der Waals surface area contributed by atoms with Gasteiger partial charge in [-0.25, -0.2) is 0 Å². The molecule has 0 N–H and O–H groups in total. The third kappa shape index (κ3) is 0.777. The quantitative estimate of drug-likeness (QED) is 0.542. The molecule has 2 rings (SSSR count). The van der Waals surface area contributed by atoms with Gasteiger partial charge in [-0.2, -0.15) is 0 Å². The molecule has 0 atom stereocenters. The number of rotatable bonds is 0. The van der Waals surface area contributed by atoms with Crippen molar-refractivity contribution in [3.05, 3.63) is 35.1 Å². The predicted molar refractivity (Wildman–Crippen MR) is 46.5 cm³/mol. The first kappa shape index (κ1) is 6.23. The average Bonchev–Trinajstić information content (AvgIpc) is 2.30. The molecule has 1 aromatic heterocycles. The van der Waals surface area contributed by atoms with Crippen LogP contribution in [0.5, 0.6) is 0 Å². The Hall–Kier alpha value is -1.50. The number of furan rings is 1. The van der Waals surface area contributed by atoms with Gasteiger partial charge in [0.05, 0.1) is 0 Å². The van der Waals surface area contributed by atoms with Crippen molar-refractivity contribution < 1.29 is 4.42 Å². The van der Waals surface area contributed by atoms with Gasteiger partial charge in [-0.3, -0.25) is 0 Å². The van der Waals surface area contributed by atoms with Crippen molar-refractivity contribution in [3.63, 3.8) is 0 Å². The topological polar surface area (TPSA) is 13.1 Å². The van der Waals surface area contributed by atoms with Crippen LogP contribution in [-0.4, -0.2) is 0 Å². The lowest BCUT2D eigenvalue weighted by atomic mass is 10.2. The van der Waals surface area contributed by atoms with E-state index in [0.29, 0.717) is 10.8 Å². The molecule has 1 heterocycles. The van der Waals surface area contributed by atoms with Crippen LogP contribution in [0.1, 0.15) is 0 Å². The summed E-state index contributed by atoms with van der Waals surface area (Å²) in [7, 11) is 0. The molecule has 0 aliphatic heterocycles. The molecule has 0 fully saturated rings. The van der Waals surface area contributed by atoms with E-state index in [1.54, 1.807) is 0 Å². The van der Waals surface area contributed by atoms with E-state index in [4.69, 9.17) is 4.42 Å². The second-order valence-corrected chi connectivity index (χ2v) is 2.49. The van der Waals surface area contributed by atoms with Crippen LogP contribution in [0, 0.1) is 0 Å². The van der Waals surface area contributed by atoms with Gasteiger partial charge in [0.15, 0.2) is 0 Å². The van der Waals surface area contributed by atoms with Gasteiger partial charge < -0.3 is 4.42 Å². The lowest BCUT2D eigenvalue weighted by Crippen LogP contribution is -1.93. The Bertz CT molecular complexity index is 435. The Labute approximate surface area is 64.3 Å². The Morgan fingerprint density at radius 2 is 1.36 bits per heavy atom. The molecule has 0 aliphatic rings. The van der Waals surface area contributed by atoms with Crippen LogP contribution in [0.15, 0.2) is 28.7 Å². The Morgan fingerprint density at radius 1 is 0.909 bits per heavy atom. The monoisotopic (exact) mass is 144 g/mol. The van der Waals surface area contributed by atoms with Crippen LogP contribution in [0.25, 0.3) is 23.9 Å². The third-order valence-electron chi connectivity index (χ3n) is 1.77. The van der Waals surface area contributed by atoms with Gasteiger partial charge in [0.2, 0.25) is 0 Å². The standard InChI is InChI=1S/C10H8O/c1-7-9-5-3-4-6-10(9)8(2)11-7/h3-6H,1-2H2. The molecule has 1 nitrogen and oxygen atoms in total. The van der Waals surface area contributed by atoms with Crippen LogP contribution in [0.4, 0.5) is 0 Å². The van der Waals surface area contributed by atoms with Crippen LogP contribution >= 0.6 is 0 Å². The zero-order chi connectivity index (χ0) is 7.84. The number of benzene rings is 1. The molecule has 0 amide bonds. The van der Waals surface area contributed by atoms with E-state index >= 15 is 0 Å². The maximum absolute atomic E-state index is 5.24. The van der Waals surface area contributed by atoms with Crippen LogP contribution in [0.3, 0.4) is 0 Å². The molecule has 0 aliphatic carbocycles. The lowest BCUT2D eigenvalue weighted by Gasteiger charge is -1.82. The molecule has 0 radical (unpaired) electrons. The van der Waals surface area contributed by atoms with Crippen molar-refractivity contribution in [2.75, 3.05) is 0 Å². The lowest BCUT2D eigenvalue weighted by molar-refractivity contribution is 0.511. The highest BCUT2D eigenvalue weighted by Crippen LogP contribution is 2.03. The van der Waals surface area contributed by atoms with Crippen molar-refractivity contribution >= 4 is 23.9 Å². The van der Waals surface area contributed by atoms with Crippen molar-refractivity contribution in [1.82, 2.24) is 0 Å². The molecule has 0 spiro atoms. The highest BCUT2D eigenvalue weighted by Gasteiger charge is 1.96. The summed E-state index contributed by atoms with van der Waals surface area (Å²) in [5, 5.41) is 2.11. The first-order chi connectivity index (χ1) is 5.29. The zero-order valence-electron chi connectivity index (χ0n) is 6.13. The van der Waals surface area contributed by atoms with Crippen molar-refractivity contribution in [3.8, 4) is 0 Å². The number of hydrogen-bond acceptors (Lipinski definition) is 1. The maximum Gasteiger partial charge on any atom is 0.128 e. The van der Waals surface area contributed by atoms with E-state index in [1.807, 2.05) is 24.3 Å².